The molecule has 1 aliphatic heterocycles. The summed E-state index contributed by atoms with van der Waals surface area (Å²) in [6, 6.07) is 0. The summed E-state index contributed by atoms with van der Waals surface area (Å²) in [4.78, 5) is 21.9. The molecule has 86 valence electrons. The number of hydrogen-bond donors (Lipinski definition) is 0. The van der Waals surface area contributed by atoms with E-state index in [-0.39, 0.29) is 5.91 Å². The van der Waals surface area contributed by atoms with E-state index in [9.17, 15) is 4.79 Å². The number of aryl methyl sites for hydroxylation is 1. The predicted molar refractivity (Wildman–Crippen MR) is 61.0 cm³/mol. The average molecular weight is 219 g/mol. The van der Waals surface area contributed by atoms with E-state index in [1.165, 1.54) is 0 Å². The van der Waals surface area contributed by atoms with Gasteiger partial charge < -0.3 is 4.90 Å². The van der Waals surface area contributed by atoms with Crippen LogP contribution in [0.25, 0.3) is 0 Å². The molecule has 1 aromatic heterocycles. The number of rotatable bonds is 1. The van der Waals surface area contributed by atoms with Gasteiger partial charge in [0.05, 0.1) is 11.4 Å². The van der Waals surface area contributed by atoms with E-state index in [1.54, 1.807) is 13.1 Å². The van der Waals surface area contributed by atoms with Gasteiger partial charge in [-0.1, -0.05) is 0 Å². The quantitative estimate of drug-likeness (QED) is 0.719. The molecule has 4 nitrogen and oxygen atoms in total. The molecular weight excluding hydrogens is 202 g/mol. The zero-order chi connectivity index (χ0) is 11.5. The van der Waals surface area contributed by atoms with Crippen LogP contribution in [0, 0.1) is 6.92 Å². The summed E-state index contributed by atoms with van der Waals surface area (Å²) in [6.07, 6.45) is 5.73. The van der Waals surface area contributed by atoms with Crippen molar-refractivity contribution in [2.45, 2.75) is 32.6 Å². The van der Waals surface area contributed by atoms with Crippen LogP contribution in [0.5, 0.6) is 0 Å². The topological polar surface area (TPSA) is 46.1 Å². The molecule has 1 aliphatic rings. The lowest BCUT2D eigenvalue weighted by Gasteiger charge is -2.31. The molecule has 1 aromatic rings. The van der Waals surface area contributed by atoms with Crippen molar-refractivity contribution in [3.05, 3.63) is 23.8 Å². The molecule has 1 amide bonds. The maximum absolute atomic E-state index is 11.3. The SMILES string of the molecule is CC(=O)N1CCC[C@H](c2cncc(C)n2)C1. The third kappa shape index (κ3) is 2.38. The van der Waals surface area contributed by atoms with Crippen LogP contribution in [0.2, 0.25) is 0 Å². The van der Waals surface area contributed by atoms with Gasteiger partial charge >= 0.3 is 0 Å². The Morgan fingerprint density at radius 2 is 2.31 bits per heavy atom. The molecular formula is C12H17N3O. The molecule has 0 radical (unpaired) electrons. The summed E-state index contributed by atoms with van der Waals surface area (Å²) in [5, 5.41) is 0. The van der Waals surface area contributed by atoms with Gasteiger partial charge in [0, 0.05) is 38.3 Å². The van der Waals surface area contributed by atoms with Crippen LogP contribution in [0.3, 0.4) is 0 Å². The van der Waals surface area contributed by atoms with E-state index in [0.717, 1.165) is 37.3 Å². The predicted octanol–water partition coefficient (Wildman–Crippen LogP) is 1.51. The molecule has 0 unspecified atom stereocenters. The van der Waals surface area contributed by atoms with Crippen LogP contribution in [0.4, 0.5) is 0 Å². The molecule has 1 atom stereocenters. The Morgan fingerprint density at radius 1 is 1.50 bits per heavy atom. The third-order valence-electron chi connectivity index (χ3n) is 3.06. The minimum Gasteiger partial charge on any atom is -0.342 e. The number of carbonyl (C=O) groups is 1. The second-order valence-corrected chi connectivity index (χ2v) is 4.39. The summed E-state index contributed by atoms with van der Waals surface area (Å²) in [5.41, 5.74) is 1.96. The number of hydrogen-bond acceptors (Lipinski definition) is 3. The molecule has 0 bridgehead atoms. The smallest absolute Gasteiger partial charge is 0.219 e. The molecule has 2 rings (SSSR count). The fourth-order valence-corrected chi connectivity index (χ4v) is 2.18. The molecule has 4 heteroatoms. The minimum atomic E-state index is 0.158. The second-order valence-electron chi connectivity index (χ2n) is 4.39. The largest absolute Gasteiger partial charge is 0.342 e. The number of nitrogens with zero attached hydrogens (tertiary/aromatic N) is 3. The van der Waals surface area contributed by atoms with Gasteiger partial charge in [-0.05, 0) is 19.8 Å². The van der Waals surface area contributed by atoms with Crippen molar-refractivity contribution < 1.29 is 4.79 Å². The first-order valence-electron chi connectivity index (χ1n) is 5.71. The number of aromatic nitrogens is 2. The van der Waals surface area contributed by atoms with Crippen molar-refractivity contribution in [2.24, 2.45) is 0 Å². The first-order chi connectivity index (χ1) is 7.66. The fraction of sp³-hybridized carbons (Fsp3) is 0.583. The highest BCUT2D eigenvalue weighted by Crippen LogP contribution is 2.25. The Balaban J connectivity index is 2.12. The Bertz CT molecular complexity index is 392. The van der Waals surface area contributed by atoms with Crippen LogP contribution >= 0.6 is 0 Å². The van der Waals surface area contributed by atoms with E-state index in [2.05, 4.69) is 9.97 Å². The van der Waals surface area contributed by atoms with Crippen molar-refractivity contribution in [3.8, 4) is 0 Å². The zero-order valence-electron chi connectivity index (χ0n) is 9.81. The van der Waals surface area contributed by atoms with Crippen LogP contribution in [-0.4, -0.2) is 33.9 Å². The van der Waals surface area contributed by atoms with Gasteiger partial charge in [-0.2, -0.15) is 0 Å². The van der Waals surface area contributed by atoms with E-state index in [1.807, 2.05) is 18.0 Å². The first kappa shape index (κ1) is 11.0. The number of piperidine rings is 1. The highest BCUT2D eigenvalue weighted by atomic mass is 16.2. The Kier molecular flexibility index (Phi) is 3.17. The monoisotopic (exact) mass is 219 g/mol. The van der Waals surface area contributed by atoms with Gasteiger partial charge in [-0.15, -0.1) is 0 Å². The summed E-state index contributed by atoms with van der Waals surface area (Å²) in [7, 11) is 0. The number of carbonyl (C=O) groups excluding carboxylic acids is 1. The molecule has 16 heavy (non-hydrogen) atoms. The van der Waals surface area contributed by atoms with Crippen molar-refractivity contribution in [1.82, 2.24) is 14.9 Å². The lowest BCUT2D eigenvalue weighted by atomic mass is 9.95. The summed E-state index contributed by atoms with van der Waals surface area (Å²) < 4.78 is 0. The molecule has 1 saturated heterocycles. The van der Waals surface area contributed by atoms with Crippen molar-refractivity contribution in [1.29, 1.82) is 0 Å². The molecule has 1 fully saturated rings. The van der Waals surface area contributed by atoms with Gasteiger partial charge in [0.25, 0.3) is 0 Å². The highest BCUT2D eigenvalue weighted by molar-refractivity contribution is 5.73. The number of amides is 1. The van der Waals surface area contributed by atoms with Gasteiger partial charge in [0.2, 0.25) is 5.91 Å². The van der Waals surface area contributed by atoms with Crippen LogP contribution in [0.1, 0.15) is 37.1 Å². The van der Waals surface area contributed by atoms with E-state index in [0.29, 0.717) is 5.92 Å². The average Bonchev–Trinajstić information content (AvgIpc) is 2.29. The third-order valence-corrected chi connectivity index (χ3v) is 3.06. The molecule has 2 heterocycles. The summed E-state index contributed by atoms with van der Waals surface area (Å²) in [5.74, 6) is 0.510. The molecule has 0 aliphatic carbocycles. The standard InChI is InChI=1S/C12H17N3O/c1-9-6-13-7-12(14-9)11-4-3-5-15(8-11)10(2)16/h6-7,11H,3-5,8H2,1-2H3/t11-/m0/s1. The zero-order valence-corrected chi connectivity index (χ0v) is 9.81. The Morgan fingerprint density at radius 3 is 3.00 bits per heavy atom. The van der Waals surface area contributed by atoms with Gasteiger partial charge in [0.15, 0.2) is 0 Å². The lowest BCUT2D eigenvalue weighted by Crippen LogP contribution is -2.37. The Labute approximate surface area is 95.7 Å². The molecule has 0 aromatic carbocycles. The summed E-state index contributed by atoms with van der Waals surface area (Å²) in [6.45, 7) is 5.24. The molecule has 0 saturated carbocycles. The van der Waals surface area contributed by atoms with Gasteiger partial charge in [-0.3, -0.25) is 14.8 Å². The normalized spacial score (nSPS) is 20.9. The summed E-state index contributed by atoms with van der Waals surface area (Å²) >= 11 is 0. The Hall–Kier alpha value is -1.45. The van der Waals surface area contributed by atoms with E-state index >= 15 is 0 Å². The van der Waals surface area contributed by atoms with Gasteiger partial charge in [0.1, 0.15) is 0 Å². The molecule has 0 N–H and O–H groups in total. The van der Waals surface area contributed by atoms with Crippen molar-refractivity contribution >= 4 is 5.91 Å². The van der Waals surface area contributed by atoms with Crippen molar-refractivity contribution in [2.75, 3.05) is 13.1 Å². The maximum Gasteiger partial charge on any atom is 0.219 e. The van der Waals surface area contributed by atoms with Gasteiger partial charge in [-0.25, -0.2) is 0 Å². The van der Waals surface area contributed by atoms with E-state index < -0.39 is 0 Å². The number of likely N-dealkylation sites (tertiary alicyclic amines) is 1. The second kappa shape index (κ2) is 4.60. The lowest BCUT2D eigenvalue weighted by molar-refractivity contribution is -0.130. The van der Waals surface area contributed by atoms with Crippen LogP contribution in [-0.2, 0) is 4.79 Å². The van der Waals surface area contributed by atoms with Crippen molar-refractivity contribution in [3.63, 3.8) is 0 Å². The first-order valence-corrected chi connectivity index (χ1v) is 5.71. The molecule has 0 spiro atoms. The fourth-order valence-electron chi connectivity index (χ4n) is 2.18. The highest BCUT2D eigenvalue weighted by Gasteiger charge is 2.23. The van der Waals surface area contributed by atoms with Crippen LogP contribution in [0.15, 0.2) is 12.4 Å². The van der Waals surface area contributed by atoms with E-state index in [4.69, 9.17) is 0 Å². The van der Waals surface area contributed by atoms with Crippen LogP contribution < -0.4 is 0 Å². The maximum atomic E-state index is 11.3. The minimum absolute atomic E-state index is 0.158.